The van der Waals surface area contributed by atoms with Gasteiger partial charge in [-0.15, -0.1) is 0 Å². The number of amides is 1. The van der Waals surface area contributed by atoms with Crippen LogP contribution in [0.25, 0.3) is 0 Å². The number of nitrogens with one attached hydrogen (secondary N) is 1. The topological polar surface area (TPSA) is 83.5 Å². The first-order valence-corrected chi connectivity index (χ1v) is 4.69. The Hall–Kier alpha value is -0.760. The second kappa shape index (κ2) is 3.54. The largest absolute Gasteiger partial charge is 0.446 e. The van der Waals surface area contributed by atoms with Crippen LogP contribution in [-0.4, -0.2) is 30.2 Å². The highest BCUT2D eigenvalue weighted by Crippen LogP contribution is 2.20. The third kappa shape index (κ3) is 2.88. The Morgan fingerprint density at radius 1 is 1.46 bits per heavy atom. The van der Waals surface area contributed by atoms with Crippen LogP contribution in [0.4, 0.5) is 8.78 Å². The van der Waals surface area contributed by atoms with Crippen molar-refractivity contribution in [2.45, 2.75) is 25.1 Å². The molecule has 0 spiro atoms. The van der Waals surface area contributed by atoms with Crippen molar-refractivity contribution >= 4 is 16.0 Å². The standard InChI is InChI=1S/C5H9F2NO4S/c1-3(2)8-4(9)5(6,7)13(10,11)12/h3H,1-2H3,(H,8,9)(H,10,11,12). The molecular formula is C5H9F2NO4S. The predicted octanol–water partition coefficient (Wildman–Crippen LogP) is -0.00840. The summed E-state index contributed by atoms with van der Waals surface area (Å²) in [7, 11) is -5.69. The molecule has 0 aliphatic heterocycles. The van der Waals surface area contributed by atoms with E-state index < -0.39 is 27.3 Å². The van der Waals surface area contributed by atoms with Crippen molar-refractivity contribution in [1.29, 1.82) is 0 Å². The van der Waals surface area contributed by atoms with Crippen molar-refractivity contribution in [3.8, 4) is 0 Å². The van der Waals surface area contributed by atoms with Gasteiger partial charge < -0.3 is 5.32 Å². The minimum absolute atomic E-state index is 0.639. The molecular weight excluding hydrogens is 208 g/mol. The molecule has 0 unspecified atom stereocenters. The lowest BCUT2D eigenvalue weighted by molar-refractivity contribution is -0.136. The number of hydrogen-bond donors (Lipinski definition) is 2. The maximum Gasteiger partial charge on any atom is 0.446 e. The monoisotopic (exact) mass is 217 g/mol. The molecule has 0 heterocycles. The lowest BCUT2D eigenvalue weighted by Crippen LogP contribution is -2.47. The molecule has 0 saturated carbocycles. The molecule has 0 radical (unpaired) electrons. The van der Waals surface area contributed by atoms with Crippen LogP contribution in [-0.2, 0) is 14.9 Å². The van der Waals surface area contributed by atoms with Gasteiger partial charge in [-0.25, -0.2) is 0 Å². The van der Waals surface area contributed by atoms with E-state index in [1.165, 1.54) is 13.8 Å². The number of rotatable bonds is 3. The van der Waals surface area contributed by atoms with Crippen molar-refractivity contribution in [3.05, 3.63) is 0 Å². The van der Waals surface area contributed by atoms with Gasteiger partial charge in [-0.2, -0.15) is 17.2 Å². The quantitative estimate of drug-likeness (QED) is 0.651. The fourth-order valence-corrected chi connectivity index (χ4v) is 0.757. The van der Waals surface area contributed by atoms with Gasteiger partial charge in [-0.05, 0) is 13.8 Å². The van der Waals surface area contributed by atoms with E-state index in [0.717, 1.165) is 0 Å². The Balaban J connectivity index is 4.77. The number of halogens is 2. The molecule has 2 N–H and O–H groups in total. The highest BCUT2D eigenvalue weighted by molar-refractivity contribution is 7.87. The van der Waals surface area contributed by atoms with Gasteiger partial charge in [-0.3, -0.25) is 9.35 Å². The van der Waals surface area contributed by atoms with Crippen LogP contribution in [0.1, 0.15) is 13.8 Å². The van der Waals surface area contributed by atoms with Gasteiger partial charge >= 0.3 is 21.3 Å². The van der Waals surface area contributed by atoms with E-state index in [0.29, 0.717) is 0 Å². The van der Waals surface area contributed by atoms with E-state index in [1.807, 2.05) is 0 Å². The highest BCUT2D eigenvalue weighted by atomic mass is 32.2. The number of carbonyl (C=O) groups excluding carboxylic acids is 1. The molecule has 0 aromatic heterocycles. The summed E-state index contributed by atoms with van der Waals surface area (Å²) in [5.74, 6) is -2.04. The van der Waals surface area contributed by atoms with Gasteiger partial charge in [0.2, 0.25) is 0 Å². The van der Waals surface area contributed by atoms with Crippen molar-refractivity contribution in [2.24, 2.45) is 0 Å². The Morgan fingerprint density at radius 3 is 2.08 bits per heavy atom. The van der Waals surface area contributed by atoms with Crippen molar-refractivity contribution < 1.29 is 26.5 Å². The fourth-order valence-electron chi connectivity index (χ4n) is 0.463. The first kappa shape index (κ1) is 12.2. The second-order valence-corrected chi connectivity index (χ2v) is 4.08. The molecule has 0 aromatic carbocycles. The van der Waals surface area contributed by atoms with E-state index >= 15 is 0 Å². The Bertz CT molecular complexity index is 298. The van der Waals surface area contributed by atoms with E-state index in [1.54, 1.807) is 5.32 Å². The Kier molecular flexibility index (Phi) is 3.34. The highest BCUT2D eigenvalue weighted by Gasteiger charge is 2.52. The number of alkyl halides is 2. The average Bonchev–Trinajstić information content (AvgIpc) is 1.82. The van der Waals surface area contributed by atoms with Gasteiger partial charge in [0.15, 0.2) is 0 Å². The molecule has 0 saturated heterocycles. The first-order chi connectivity index (χ1) is 5.59. The Labute approximate surface area is 73.9 Å². The van der Waals surface area contributed by atoms with Crippen LogP contribution in [0.2, 0.25) is 0 Å². The summed E-state index contributed by atoms with van der Waals surface area (Å²) in [4.78, 5) is 10.5. The van der Waals surface area contributed by atoms with E-state index in [-0.39, 0.29) is 0 Å². The summed E-state index contributed by atoms with van der Waals surface area (Å²) >= 11 is 0. The summed E-state index contributed by atoms with van der Waals surface area (Å²) in [5, 5.41) is -3.13. The van der Waals surface area contributed by atoms with E-state index in [4.69, 9.17) is 4.55 Å². The minimum atomic E-state index is -5.69. The van der Waals surface area contributed by atoms with Gasteiger partial charge in [0.1, 0.15) is 0 Å². The summed E-state index contributed by atoms with van der Waals surface area (Å²) in [5.41, 5.74) is 0. The molecule has 5 nitrogen and oxygen atoms in total. The van der Waals surface area contributed by atoms with Crippen molar-refractivity contribution in [1.82, 2.24) is 5.32 Å². The predicted molar refractivity (Wildman–Crippen MR) is 39.8 cm³/mol. The Morgan fingerprint density at radius 2 is 1.85 bits per heavy atom. The zero-order valence-corrected chi connectivity index (χ0v) is 7.73. The first-order valence-electron chi connectivity index (χ1n) is 3.25. The molecule has 0 aliphatic carbocycles. The average molecular weight is 217 g/mol. The van der Waals surface area contributed by atoms with Gasteiger partial charge in [0.25, 0.3) is 0 Å². The normalized spacial score (nSPS) is 13.1. The van der Waals surface area contributed by atoms with Crippen LogP contribution in [0.3, 0.4) is 0 Å². The fraction of sp³-hybridized carbons (Fsp3) is 0.800. The van der Waals surface area contributed by atoms with Crippen LogP contribution in [0, 0.1) is 0 Å². The molecule has 13 heavy (non-hydrogen) atoms. The van der Waals surface area contributed by atoms with Crippen molar-refractivity contribution in [2.75, 3.05) is 0 Å². The zero-order valence-electron chi connectivity index (χ0n) is 6.91. The molecule has 0 aromatic rings. The molecule has 1 amide bonds. The third-order valence-electron chi connectivity index (χ3n) is 1.01. The van der Waals surface area contributed by atoms with Gasteiger partial charge in [0, 0.05) is 6.04 Å². The SMILES string of the molecule is CC(C)NC(=O)C(F)(F)S(=O)(=O)O. The molecule has 8 heteroatoms. The molecule has 0 fully saturated rings. The van der Waals surface area contributed by atoms with Crippen molar-refractivity contribution in [3.63, 3.8) is 0 Å². The van der Waals surface area contributed by atoms with Crippen LogP contribution < -0.4 is 5.32 Å². The molecule has 78 valence electrons. The van der Waals surface area contributed by atoms with Crippen LogP contribution >= 0.6 is 0 Å². The third-order valence-corrected chi connectivity index (χ3v) is 1.84. The molecule has 0 atom stereocenters. The summed E-state index contributed by atoms with van der Waals surface area (Å²) in [6.45, 7) is 2.75. The van der Waals surface area contributed by atoms with E-state index in [2.05, 4.69) is 0 Å². The lowest BCUT2D eigenvalue weighted by Gasteiger charge is -2.14. The van der Waals surface area contributed by atoms with Gasteiger partial charge in [0.05, 0.1) is 0 Å². The maximum absolute atomic E-state index is 12.4. The van der Waals surface area contributed by atoms with Gasteiger partial charge in [-0.1, -0.05) is 0 Å². The zero-order chi connectivity index (χ0) is 10.9. The second-order valence-electron chi connectivity index (χ2n) is 2.62. The van der Waals surface area contributed by atoms with E-state index in [9.17, 15) is 22.0 Å². The molecule has 0 rings (SSSR count). The van der Waals surface area contributed by atoms with Crippen LogP contribution in [0.15, 0.2) is 0 Å². The number of carbonyl (C=O) groups is 1. The maximum atomic E-state index is 12.4. The van der Waals surface area contributed by atoms with Crippen LogP contribution in [0.5, 0.6) is 0 Å². The lowest BCUT2D eigenvalue weighted by atomic mass is 10.4. The molecule has 0 aliphatic rings. The minimum Gasteiger partial charge on any atom is -0.348 e. The smallest absolute Gasteiger partial charge is 0.348 e. The summed E-state index contributed by atoms with van der Waals surface area (Å²) in [6, 6.07) is -0.639. The summed E-state index contributed by atoms with van der Waals surface area (Å²) in [6.07, 6.45) is 0. The molecule has 0 bridgehead atoms. The summed E-state index contributed by atoms with van der Waals surface area (Å²) < 4.78 is 52.9. The number of hydrogen-bond acceptors (Lipinski definition) is 3.